The maximum atomic E-state index is 13.8. The van der Waals surface area contributed by atoms with E-state index in [0.717, 1.165) is 9.79 Å². The van der Waals surface area contributed by atoms with Crippen LogP contribution in [-0.2, 0) is 0 Å². The molecule has 0 saturated heterocycles. The number of halogens is 1. The van der Waals surface area contributed by atoms with Crippen LogP contribution in [0.25, 0.3) is 0 Å². The fourth-order valence-electron chi connectivity index (χ4n) is 1.72. The van der Waals surface area contributed by atoms with Crippen LogP contribution in [0.3, 0.4) is 0 Å². The molecule has 0 radical (unpaired) electrons. The summed E-state index contributed by atoms with van der Waals surface area (Å²) < 4.78 is 19.2. The fourth-order valence-corrected chi connectivity index (χ4v) is 2.58. The Kier molecular flexibility index (Phi) is 4.55. The van der Waals surface area contributed by atoms with E-state index in [2.05, 4.69) is 0 Å². The van der Waals surface area contributed by atoms with Gasteiger partial charge in [0.25, 0.3) is 0 Å². The van der Waals surface area contributed by atoms with Crippen molar-refractivity contribution >= 4 is 17.4 Å². The van der Waals surface area contributed by atoms with Crippen LogP contribution in [0, 0.1) is 12.7 Å². The summed E-state index contributed by atoms with van der Waals surface area (Å²) in [5.41, 5.74) is 7.50. The zero-order valence-electron chi connectivity index (χ0n) is 11.8. The van der Waals surface area contributed by atoms with Gasteiger partial charge in [-0.05, 0) is 39.0 Å². The lowest BCUT2D eigenvalue weighted by molar-refractivity contribution is 0.230. The molecule has 0 amide bonds. The highest BCUT2D eigenvalue weighted by Crippen LogP contribution is 2.36. The van der Waals surface area contributed by atoms with Crippen molar-refractivity contribution in [2.45, 2.75) is 36.7 Å². The second-order valence-electron chi connectivity index (χ2n) is 4.90. The predicted molar refractivity (Wildman–Crippen MR) is 81.9 cm³/mol. The molecule has 0 aliphatic heterocycles. The molecule has 20 heavy (non-hydrogen) atoms. The van der Waals surface area contributed by atoms with Crippen LogP contribution >= 0.6 is 11.8 Å². The number of nitrogen functional groups attached to an aromatic ring is 1. The topological polar surface area (TPSA) is 35.2 Å². The molecule has 0 aromatic heterocycles. The Hall–Kier alpha value is -1.68. The summed E-state index contributed by atoms with van der Waals surface area (Å²) >= 11 is 1.50. The number of hydrogen-bond donors (Lipinski definition) is 1. The van der Waals surface area contributed by atoms with E-state index in [1.807, 2.05) is 45.0 Å². The van der Waals surface area contributed by atoms with Crippen molar-refractivity contribution in [1.29, 1.82) is 0 Å². The van der Waals surface area contributed by atoms with E-state index in [1.54, 1.807) is 6.07 Å². The van der Waals surface area contributed by atoms with Gasteiger partial charge in [0.2, 0.25) is 0 Å². The highest BCUT2D eigenvalue weighted by Gasteiger charge is 2.11. The first-order chi connectivity index (χ1) is 9.45. The van der Waals surface area contributed by atoms with Gasteiger partial charge in [0.1, 0.15) is 0 Å². The number of nitrogens with two attached hydrogens (primary N) is 1. The van der Waals surface area contributed by atoms with E-state index in [1.165, 1.54) is 23.4 Å². The smallest absolute Gasteiger partial charge is 0.167 e. The van der Waals surface area contributed by atoms with Crippen LogP contribution in [-0.4, -0.2) is 6.10 Å². The largest absolute Gasteiger partial charge is 0.488 e. The number of aryl methyl sites for hydroxylation is 1. The molecular weight excluding hydrogens is 273 g/mol. The second-order valence-corrected chi connectivity index (χ2v) is 6.02. The average molecular weight is 291 g/mol. The highest BCUT2D eigenvalue weighted by atomic mass is 32.2. The van der Waals surface area contributed by atoms with Crippen molar-refractivity contribution in [2.75, 3.05) is 5.73 Å². The monoisotopic (exact) mass is 291 g/mol. The molecule has 2 nitrogen and oxygen atoms in total. The minimum Gasteiger partial charge on any atom is -0.488 e. The first kappa shape index (κ1) is 14.7. The molecule has 0 unspecified atom stereocenters. The summed E-state index contributed by atoms with van der Waals surface area (Å²) in [5, 5.41) is 0. The van der Waals surface area contributed by atoms with Gasteiger partial charge in [0.15, 0.2) is 11.6 Å². The van der Waals surface area contributed by atoms with Crippen molar-refractivity contribution in [1.82, 2.24) is 0 Å². The molecule has 0 spiro atoms. The van der Waals surface area contributed by atoms with Gasteiger partial charge in [0.05, 0.1) is 6.10 Å². The van der Waals surface area contributed by atoms with Crippen LogP contribution < -0.4 is 10.5 Å². The first-order valence-corrected chi connectivity index (χ1v) is 7.27. The van der Waals surface area contributed by atoms with Crippen molar-refractivity contribution in [3.05, 3.63) is 47.8 Å². The summed E-state index contributed by atoms with van der Waals surface area (Å²) in [7, 11) is 0. The predicted octanol–water partition coefficient (Wildman–Crippen LogP) is 4.65. The van der Waals surface area contributed by atoms with Crippen molar-refractivity contribution in [2.24, 2.45) is 0 Å². The van der Waals surface area contributed by atoms with E-state index in [4.69, 9.17) is 10.5 Å². The quantitative estimate of drug-likeness (QED) is 0.832. The Bertz CT molecular complexity index is 596. The van der Waals surface area contributed by atoms with Crippen LogP contribution in [0.5, 0.6) is 5.75 Å². The minimum atomic E-state index is -0.426. The van der Waals surface area contributed by atoms with E-state index in [-0.39, 0.29) is 11.9 Å². The Morgan fingerprint density at radius 1 is 1.15 bits per heavy atom. The molecular formula is C16H18FNOS. The molecule has 0 saturated carbocycles. The van der Waals surface area contributed by atoms with Crippen molar-refractivity contribution < 1.29 is 9.13 Å². The summed E-state index contributed by atoms with van der Waals surface area (Å²) in [4.78, 5) is 1.86. The standard InChI is InChI=1S/C16H18FNOS/c1-10(2)19-15-9-16(14(18)8-13(15)17)20-12-6-4-11(3)5-7-12/h4-10H,18H2,1-3H3. The SMILES string of the molecule is Cc1ccc(Sc2cc(OC(C)C)c(F)cc2N)cc1. The molecule has 0 heterocycles. The Morgan fingerprint density at radius 3 is 2.40 bits per heavy atom. The molecule has 4 heteroatoms. The van der Waals surface area contributed by atoms with Gasteiger partial charge >= 0.3 is 0 Å². The van der Waals surface area contributed by atoms with Crippen molar-refractivity contribution in [3.63, 3.8) is 0 Å². The molecule has 2 aromatic rings. The number of hydrogen-bond acceptors (Lipinski definition) is 3. The second kappa shape index (κ2) is 6.18. The number of rotatable bonds is 4. The first-order valence-electron chi connectivity index (χ1n) is 6.46. The van der Waals surface area contributed by atoms with Gasteiger partial charge in [0, 0.05) is 21.5 Å². The summed E-state index contributed by atoms with van der Waals surface area (Å²) in [6.45, 7) is 5.76. The van der Waals surface area contributed by atoms with Gasteiger partial charge in [-0.1, -0.05) is 29.5 Å². The summed E-state index contributed by atoms with van der Waals surface area (Å²) in [5.74, 6) is -0.187. The van der Waals surface area contributed by atoms with Gasteiger partial charge in [-0.25, -0.2) is 4.39 Å². The van der Waals surface area contributed by atoms with Crippen LogP contribution in [0.1, 0.15) is 19.4 Å². The molecule has 2 N–H and O–H groups in total. The summed E-state index contributed by atoms with van der Waals surface area (Å²) in [6.07, 6.45) is -0.0784. The van der Waals surface area contributed by atoms with Crippen LogP contribution in [0.4, 0.5) is 10.1 Å². The van der Waals surface area contributed by atoms with E-state index in [0.29, 0.717) is 5.69 Å². The average Bonchev–Trinajstić information content (AvgIpc) is 2.37. The molecule has 2 aromatic carbocycles. The minimum absolute atomic E-state index is 0.0784. The zero-order valence-corrected chi connectivity index (χ0v) is 12.6. The lowest BCUT2D eigenvalue weighted by Gasteiger charge is -2.13. The van der Waals surface area contributed by atoms with Crippen molar-refractivity contribution in [3.8, 4) is 5.75 Å². The van der Waals surface area contributed by atoms with Gasteiger partial charge < -0.3 is 10.5 Å². The number of anilines is 1. The zero-order chi connectivity index (χ0) is 14.7. The highest BCUT2D eigenvalue weighted by molar-refractivity contribution is 7.99. The normalized spacial score (nSPS) is 10.8. The van der Waals surface area contributed by atoms with E-state index in [9.17, 15) is 4.39 Å². The van der Waals surface area contributed by atoms with Crippen LogP contribution in [0.2, 0.25) is 0 Å². The maximum absolute atomic E-state index is 13.8. The Labute approximate surface area is 123 Å². The molecule has 0 fully saturated rings. The number of ether oxygens (including phenoxy) is 1. The van der Waals surface area contributed by atoms with Gasteiger partial charge in [-0.2, -0.15) is 0 Å². The Balaban J connectivity index is 2.28. The maximum Gasteiger partial charge on any atom is 0.167 e. The van der Waals surface area contributed by atoms with Crippen LogP contribution in [0.15, 0.2) is 46.2 Å². The lowest BCUT2D eigenvalue weighted by atomic mass is 10.2. The molecule has 0 atom stereocenters. The fraction of sp³-hybridized carbons (Fsp3) is 0.250. The molecule has 0 aliphatic carbocycles. The third-order valence-corrected chi connectivity index (χ3v) is 3.76. The van der Waals surface area contributed by atoms with Gasteiger partial charge in [-0.15, -0.1) is 0 Å². The third-order valence-electron chi connectivity index (χ3n) is 2.68. The molecule has 106 valence electrons. The lowest BCUT2D eigenvalue weighted by Crippen LogP contribution is -2.07. The van der Waals surface area contributed by atoms with E-state index >= 15 is 0 Å². The molecule has 2 rings (SSSR count). The van der Waals surface area contributed by atoms with Gasteiger partial charge in [-0.3, -0.25) is 0 Å². The summed E-state index contributed by atoms with van der Waals surface area (Å²) in [6, 6.07) is 11.1. The molecule has 0 bridgehead atoms. The number of benzene rings is 2. The molecule has 0 aliphatic rings. The van der Waals surface area contributed by atoms with E-state index < -0.39 is 5.82 Å². The Morgan fingerprint density at radius 2 is 1.80 bits per heavy atom. The third kappa shape index (κ3) is 3.67.